The van der Waals surface area contributed by atoms with Gasteiger partial charge >= 0.3 is 0 Å². The SMILES string of the molecule is CC1=NN(C(C)C)C(=N)C1=Nc1ccc(N(C)C)cc1. The zero-order valence-corrected chi connectivity index (χ0v) is 12.7. The molecule has 0 saturated heterocycles. The van der Waals surface area contributed by atoms with Gasteiger partial charge in [-0.1, -0.05) is 0 Å². The van der Waals surface area contributed by atoms with Crippen LogP contribution in [0.3, 0.4) is 0 Å². The minimum atomic E-state index is 0.168. The molecule has 1 heterocycles. The first-order valence-electron chi connectivity index (χ1n) is 6.70. The first-order valence-corrected chi connectivity index (χ1v) is 6.70. The Morgan fingerprint density at radius 1 is 1.20 bits per heavy atom. The summed E-state index contributed by atoms with van der Waals surface area (Å²) in [5.74, 6) is 0.370. The molecule has 0 radical (unpaired) electrons. The fourth-order valence-electron chi connectivity index (χ4n) is 2.00. The lowest BCUT2D eigenvalue weighted by Gasteiger charge is -2.17. The summed E-state index contributed by atoms with van der Waals surface area (Å²) in [6.07, 6.45) is 0. The summed E-state index contributed by atoms with van der Waals surface area (Å²) in [5, 5.41) is 14.2. The van der Waals surface area contributed by atoms with E-state index in [1.807, 2.05) is 64.0 Å². The smallest absolute Gasteiger partial charge is 0.169 e. The van der Waals surface area contributed by atoms with Crippen molar-refractivity contribution in [2.75, 3.05) is 19.0 Å². The van der Waals surface area contributed by atoms with Crippen LogP contribution in [0.25, 0.3) is 0 Å². The van der Waals surface area contributed by atoms with Gasteiger partial charge in [-0.2, -0.15) is 5.10 Å². The molecule has 0 amide bonds. The van der Waals surface area contributed by atoms with Gasteiger partial charge in [-0.15, -0.1) is 0 Å². The second-order valence-electron chi connectivity index (χ2n) is 5.34. The van der Waals surface area contributed by atoms with E-state index in [0.717, 1.165) is 17.1 Å². The van der Waals surface area contributed by atoms with Crippen LogP contribution in [0.5, 0.6) is 0 Å². The second kappa shape index (κ2) is 5.45. The molecule has 1 aliphatic rings. The maximum absolute atomic E-state index is 8.16. The Balaban J connectivity index is 2.27. The highest BCUT2D eigenvalue weighted by molar-refractivity contribution is 6.69. The second-order valence-corrected chi connectivity index (χ2v) is 5.34. The zero-order chi connectivity index (χ0) is 14.9. The van der Waals surface area contributed by atoms with Crippen LogP contribution in [0.4, 0.5) is 11.4 Å². The van der Waals surface area contributed by atoms with Crippen LogP contribution in [0, 0.1) is 5.41 Å². The van der Waals surface area contributed by atoms with Gasteiger partial charge < -0.3 is 4.90 Å². The van der Waals surface area contributed by atoms with Gasteiger partial charge in [-0.05, 0) is 45.0 Å². The van der Waals surface area contributed by atoms with Gasteiger partial charge in [0.15, 0.2) is 5.84 Å². The number of aliphatic imine (C=N–C) groups is 1. The van der Waals surface area contributed by atoms with E-state index in [4.69, 9.17) is 5.41 Å². The van der Waals surface area contributed by atoms with E-state index >= 15 is 0 Å². The summed E-state index contributed by atoms with van der Waals surface area (Å²) < 4.78 is 0. The molecule has 1 aliphatic heterocycles. The molecule has 0 unspecified atom stereocenters. The Labute approximate surface area is 120 Å². The van der Waals surface area contributed by atoms with E-state index in [1.165, 1.54) is 0 Å². The molecular formula is C15H21N5. The van der Waals surface area contributed by atoms with E-state index in [1.54, 1.807) is 5.01 Å². The van der Waals surface area contributed by atoms with Gasteiger partial charge in [0.1, 0.15) is 5.71 Å². The first-order chi connectivity index (χ1) is 9.40. The number of nitrogens with one attached hydrogen (secondary N) is 1. The van der Waals surface area contributed by atoms with Gasteiger partial charge in [-0.3, -0.25) is 5.41 Å². The van der Waals surface area contributed by atoms with E-state index in [-0.39, 0.29) is 6.04 Å². The summed E-state index contributed by atoms with van der Waals surface area (Å²) in [7, 11) is 4.01. The van der Waals surface area contributed by atoms with Gasteiger partial charge in [0.2, 0.25) is 0 Å². The van der Waals surface area contributed by atoms with Gasteiger partial charge in [0.25, 0.3) is 0 Å². The van der Waals surface area contributed by atoms with Crippen LogP contribution in [-0.4, -0.2) is 42.4 Å². The largest absolute Gasteiger partial charge is 0.378 e. The Morgan fingerprint density at radius 3 is 2.25 bits per heavy atom. The standard InChI is InChI=1S/C15H21N5/c1-10(2)20-15(16)14(11(3)18-20)17-12-6-8-13(9-7-12)19(4)5/h6-10,16H,1-5H3. The Hall–Kier alpha value is -2.17. The van der Waals surface area contributed by atoms with Gasteiger partial charge in [-0.25, -0.2) is 10.0 Å². The third-order valence-electron chi connectivity index (χ3n) is 3.15. The van der Waals surface area contributed by atoms with E-state index < -0.39 is 0 Å². The molecule has 0 aromatic heterocycles. The Morgan fingerprint density at radius 2 is 1.80 bits per heavy atom. The van der Waals surface area contributed by atoms with Crippen LogP contribution in [-0.2, 0) is 0 Å². The van der Waals surface area contributed by atoms with Crippen molar-refractivity contribution in [2.24, 2.45) is 10.1 Å². The van der Waals surface area contributed by atoms with Crippen LogP contribution >= 0.6 is 0 Å². The Kier molecular flexibility index (Phi) is 3.88. The molecule has 1 aromatic carbocycles. The summed E-state index contributed by atoms with van der Waals surface area (Å²) >= 11 is 0. The van der Waals surface area contributed by atoms with E-state index in [2.05, 4.69) is 10.1 Å². The predicted octanol–water partition coefficient (Wildman–Crippen LogP) is 2.90. The number of hydrogen-bond donors (Lipinski definition) is 1. The molecule has 0 fully saturated rings. The molecule has 0 aliphatic carbocycles. The van der Waals surface area contributed by atoms with Crippen molar-refractivity contribution in [3.05, 3.63) is 24.3 Å². The van der Waals surface area contributed by atoms with Crippen LogP contribution in [0.2, 0.25) is 0 Å². The predicted molar refractivity (Wildman–Crippen MR) is 85.7 cm³/mol. The Bertz CT molecular complexity index is 566. The molecule has 5 nitrogen and oxygen atoms in total. The minimum absolute atomic E-state index is 0.168. The average Bonchev–Trinajstić information content (AvgIpc) is 2.67. The van der Waals surface area contributed by atoms with Crippen molar-refractivity contribution in [3.63, 3.8) is 0 Å². The van der Waals surface area contributed by atoms with Gasteiger partial charge in [0, 0.05) is 25.8 Å². The molecule has 0 saturated carbocycles. The summed E-state index contributed by atoms with van der Waals surface area (Å²) in [6.45, 7) is 5.92. The molecule has 0 spiro atoms. The third-order valence-corrected chi connectivity index (χ3v) is 3.15. The van der Waals surface area contributed by atoms with Crippen LogP contribution < -0.4 is 4.90 Å². The summed E-state index contributed by atoms with van der Waals surface area (Å²) in [6, 6.07) is 8.12. The van der Waals surface area contributed by atoms with Gasteiger partial charge in [0.05, 0.1) is 11.4 Å². The number of rotatable bonds is 3. The molecule has 106 valence electrons. The third kappa shape index (κ3) is 2.71. The van der Waals surface area contributed by atoms with Crippen LogP contribution in [0.1, 0.15) is 20.8 Å². The number of nitrogens with zero attached hydrogens (tertiary/aromatic N) is 4. The van der Waals surface area contributed by atoms with E-state index in [9.17, 15) is 0 Å². The van der Waals surface area contributed by atoms with Crippen molar-refractivity contribution >= 4 is 28.6 Å². The number of anilines is 1. The fraction of sp³-hybridized carbons (Fsp3) is 0.400. The van der Waals surface area contributed by atoms with Crippen LogP contribution in [0.15, 0.2) is 34.4 Å². The zero-order valence-electron chi connectivity index (χ0n) is 12.7. The maximum Gasteiger partial charge on any atom is 0.169 e. The summed E-state index contributed by atoms with van der Waals surface area (Å²) in [4.78, 5) is 6.60. The molecule has 5 heteroatoms. The van der Waals surface area contributed by atoms with Crippen molar-refractivity contribution in [3.8, 4) is 0 Å². The number of benzene rings is 1. The first kappa shape index (κ1) is 14.2. The van der Waals surface area contributed by atoms with Crippen molar-refractivity contribution < 1.29 is 0 Å². The highest BCUT2D eigenvalue weighted by atomic mass is 15.5. The highest BCUT2D eigenvalue weighted by Crippen LogP contribution is 2.20. The molecular weight excluding hydrogens is 250 g/mol. The molecule has 1 aromatic rings. The lowest BCUT2D eigenvalue weighted by atomic mass is 10.2. The number of amidine groups is 1. The quantitative estimate of drug-likeness (QED) is 0.919. The van der Waals surface area contributed by atoms with Crippen molar-refractivity contribution in [2.45, 2.75) is 26.8 Å². The molecule has 2 rings (SSSR count). The molecule has 0 atom stereocenters. The molecule has 0 bridgehead atoms. The molecule has 1 N–H and O–H groups in total. The number of hydrogen-bond acceptors (Lipinski definition) is 4. The fourth-order valence-corrected chi connectivity index (χ4v) is 2.00. The van der Waals surface area contributed by atoms with Crippen molar-refractivity contribution in [1.82, 2.24) is 5.01 Å². The highest BCUT2D eigenvalue weighted by Gasteiger charge is 2.27. The monoisotopic (exact) mass is 271 g/mol. The summed E-state index contributed by atoms with van der Waals surface area (Å²) in [5.41, 5.74) is 3.41. The van der Waals surface area contributed by atoms with Crippen molar-refractivity contribution in [1.29, 1.82) is 5.41 Å². The molecule has 20 heavy (non-hydrogen) atoms. The lowest BCUT2D eigenvalue weighted by molar-refractivity contribution is 0.376. The maximum atomic E-state index is 8.16. The minimum Gasteiger partial charge on any atom is -0.378 e. The lowest BCUT2D eigenvalue weighted by Crippen LogP contribution is -2.31. The topological polar surface area (TPSA) is 55.1 Å². The number of hydrazone groups is 1. The average molecular weight is 271 g/mol. The normalized spacial score (nSPS) is 17.1. The van der Waals surface area contributed by atoms with E-state index in [0.29, 0.717) is 11.5 Å².